The molecule has 1 heterocycles. The lowest BCUT2D eigenvalue weighted by Gasteiger charge is -2.43. The molecule has 4 nitrogen and oxygen atoms in total. The third-order valence-electron chi connectivity index (χ3n) is 6.90. The fourth-order valence-electron chi connectivity index (χ4n) is 4.89. The second-order valence-corrected chi connectivity index (χ2v) is 9.09. The molecule has 1 N–H and O–H groups in total. The highest BCUT2D eigenvalue weighted by atomic mass is 16.6. The molecule has 0 aliphatic carbocycles. The summed E-state index contributed by atoms with van der Waals surface area (Å²) >= 11 is 0. The molecular formula is C29H34N2O2. The highest BCUT2D eigenvalue weighted by molar-refractivity contribution is 5.68. The zero-order chi connectivity index (χ0) is 23.2. The van der Waals surface area contributed by atoms with E-state index >= 15 is 0 Å². The average molecular weight is 443 g/mol. The van der Waals surface area contributed by atoms with Gasteiger partial charge >= 0.3 is 6.09 Å². The minimum atomic E-state index is -0.649. The third-order valence-corrected chi connectivity index (χ3v) is 6.90. The number of rotatable bonds is 7. The molecule has 3 aromatic carbocycles. The van der Waals surface area contributed by atoms with Gasteiger partial charge in [-0.2, -0.15) is 0 Å². The highest BCUT2D eigenvalue weighted by Gasteiger charge is 2.44. The molecule has 1 aliphatic heterocycles. The molecule has 0 bridgehead atoms. The zero-order valence-electron chi connectivity index (χ0n) is 19.7. The molecule has 4 rings (SSSR count). The molecule has 172 valence electrons. The molecule has 0 spiro atoms. The van der Waals surface area contributed by atoms with Crippen LogP contribution in [0, 0.1) is 0 Å². The monoisotopic (exact) mass is 442 g/mol. The van der Waals surface area contributed by atoms with E-state index in [0.717, 1.165) is 19.5 Å². The van der Waals surface area contributed by atoms with Crippen molar-refractivity contribution in [1.82, 2.24) is 10.2 Å². The predicted molar refractivity (Wildman–Crippen MR) is 133 cm³/mol. The van der Waals surface area contributed by atoms with Gasteiger partial charge in [0, 0.05) is 38.0 Å². The molecular weight excluding hydrogens is 408 g/mol. The Balaban J connectivity index is 1.81. The van der Waals surface area contributed by atoms with Gasteiger partial charge in [-0.1, -0.05) is 97.9 Å². The van der Waals surface area contributed by atoms with E-state index in [9.17, 15) is 4.79 Å². The van der Waals surface area contributed by atoms with Crippen molar-refractivity contribution in [2.45, 2.75) is 37.7 Å². The SMILES string of the molecule is CC[C@@](C)(CC(c1ccccc1)(c1ccccc1)c1ccccc1)OC(=O)N1CCNCC1. The summed E-state index contributed by atoms with van der Waals surface area (Å²) in [6.07, 6.45) is 1.15. The van der Waals surface area contributed by atoms with E-state index in [1.807, 2.05) is 23.1 Å². The minimum Gasteiger partial charge on any atom is -0.443 e. The Morgan fingerprint density at radius 3 is 1.64 bits per heavy atom. The first-order valence-corrected chi connectivity index (χ1v) is 11.9. The maximum atomic E-state index is 13.1. The maximum absolute atomic E-state index is 13.1. The first-order chi connectivity index (χ1) is 16.1. The van der Waals surface area contributed by atoms with Crippen LogP contribution in [0.25, 0.3) is 0 Å². The number of ether oxygens (including phenoxy) is 1. The standard InChI is InChI=1S/C29H34N2O2/c1-3-28(2,33-27(32)31-21-19-30-20-22-31)23-29(24-13-7-4-8-14-24,25-15-9-5-10-16-25)26-17-11-6-12-18-26/h4-18,30H,3,19-23H2,1-2H3/t28-/m0/s1. The fourth-order valence-corrected chi connectivity index (χ4v) is 4.89. The Morgan fingerprint density at radius 1 is 0.818 bits per heavy atom. The summed E-state index contributed by atoms with van der Waals surface area (Å²) < 4.78 is 6.31. The Labute approximate surface area is 197 Å². The van der Waals surface area contributed by atoms with Crippen molar-refractivity contribution < 1.29 is 9.53 Å². The lowest BCUT2D eigenvalue weighted by Crippen LogP contribution is -2.50. The summed E-state index contributed by atoms with van der Waals surface area (Å²) in [7, 11) is 0. The molecule has 1 fully saturated rings. The van der Waals surface area contributed by atoms with Gasteiger partial charge in [-0.25, -0.2) is 4.79 Å². The summed E-state index contributed by atoms with van der Waals surface area (Å²) in [6, 6.07) is 31.8. The summed E-state index contributed by atoms with van der Waals surface area (Å²) in [5.74, 6) is 0. The van der Waals surface area contributed by atoms with E-state index in [0.29, 0.717) is 19.5 Å². The summed E-state index contributed by atoms with van der Waals surface area (Å²) in [6.45, 7) is 7.16. The first-order valence-electron chi connectivity index (χ1n) is 11.9. The van der Waals surface area contributed by atoms with E-state index in [-0.39, 0.29) is 6.09 Å². The number of amides is 1. The van der Waals surface area contributed by atoms with Gasteiger partial charge in [0.15, 0.2) is 0 Å². The lowest BCUT2D eigenvalue weighted by atomic mass is 9.64. The Kier molecular flexibility index (Phi) is 7.14. The Hall–Kier alpha value is -3.11. The second kappa shape index (κ2) is 10.2. The van der Waals surface area contributed by atoms with E-state index in [4.69, 9.17) is 4.74 Å². The normalized spacial score (nSPS) is 16.1. The van der Waals surface area contributed by atoms with Crippen molar-refractivity contribution in [3.63, 3.8) is 0 Å². The lowest BCUT2D eigenvalue weighted by molar-refractivity contribution is -0.0151. The van der Waals surface area contributed by atoms with Crippen molar-refractivity contribution in [2.75, 3.05) is 26.2 Å². The number of nitrogens with zero attached hydrogens (tertiary/aromatic N) is 1. The van der Waals surface area contributed by atoms with Crippen LogP contribution in [0.4, 0.5) is 4.79 Å². The number of carbonyl (C=O) groups is 1. The van der Waals surface area contributed by atoms with Crippen molar-refractivity contribution in [3.8, 4) is 0 Å². The number of carbonyl (C=O) groups excluding carboxylic acids is 1. The Bertz CT molecular complexity index is 921. The molecule has 33 heavy (non-hydrogen) atoms. The first kappa shape index (κ1) is 23.1. The molecule has 0 aromatic heterocycles. The highest BCUT2D eigenvalue weighted by Crippen LogP contribution is 2.46. The van der Waals surface area contributed by atoms with Gasteiger partial charge in [0.2, 0.25) is 0 Å². The van der Waals surface area contributed by atoms with E-state index in [1.54, 1.807) is 0 Å². The molecule has 4 heteroatoms. The van der Waals surface area contributed by atoms with Crippen LogP contribution in [0.2, 0.25) is 0 Å². The maximum Gasteiger partial charge on any atom is 0.410 e. The van der Waals surface area contributed by atoms with E-state index in [1.165, 1.54) is 16.7 Å². The van der Waals surface area contributed by atoms with Crippen molar-refractivity contribution >= 4 is 6.09 Å². The van der Waals surface area contributed by atoms with Gasteiger partial charge in [-0.3, -0.25) is 0 Å². The van der Waals surface area contributed by atoms with E-state index in [2.05, 4.69) is 92.0 Å². The van der Waals surface area contributed by atoms with Crippen LogP contribution < -0.4 is 5.32 Å². The quantitative estimate of drug-likeness (QED) is 0.483. The van der Waals surface area contributed by atoms with Gasteiger partial charge < -0.3 is 15.0 Å². The van der Waals surface area contributed by atoms with Gasteiger partial charge in [-0.05, 0) is 30.0 Å². The smallest absolute Gasteiger partial charge is 0.410 e. The van der Waals surface area contributed by atoms with E-state index < -0.39 is 11.0 Å². The van der Waals surface area contributed by atoms with Crippen molar-refractivity contribution in [2.24, 2.45) is 0 Å². The van der Waals surface area contributed by atoms with Crippen LogP contribution in [-0.4, -0.2) is 42.8 Å². The molecule has 1 saturated heterocycles. The van der Waals surface area contributed by atoms with Crippen LogP contribution in [0.5, 0.6) is 0 Å². The van der Waals surface area contributed by atoms with Crippen molar-refractivity contribution in [1.29, 1.82) is 0 Å². The fraction of sp³-hybridized carbons (Fsp3) is 0.345. The topological polar surface area (TPSA) is 41.6 Å². The average Bonchev–Trinajstić information content (AvgIpc) is 2.89. The molecule has 0 unspecified atom stereocenters. The van der Waals surface area contributed by atoms with Crippen molar-refractivity contribution in [3.05, 3.63) is 108 Å². The molecule has 0 radical (unpaired) electrons. The van der Waals surface area contributed by atoms with Gasteiger partial charge in [0.25, 0.3) is 0 Å². The molecule has 0 saturated carbocycles. The van der Waals surface area contributed by atoms with Crippen LogP contribution in [0.3, 0.4) is 0 Å². The zero-order valence-corrected chi connectivity index (χ0v) is 19.7. The van der Waals surface area contributed by atoms with Crippen LogP contribution >= 0.6 is 0 Å². The molecule has 1 amide bonds. The summed E-state index contributed by atoms with van der Waals surface area (Å²) in [4.78, 5) is 15.0. The number of hydrogen-bond acceptors (Lipinski definition) is 3. The minimum absolute atomic E-state index is 0.219. The number of benzene rings is 3. The van der Waals surface area contributed by atoms with Gasteiger partial charge in [-0.15, -0.1) is 0 Å². The largest absolute Gasteiger partial charge is 0.443 e. The third kappa shape index (κ3) is 4.96. The van der Waals surface area contributed by atoms with Crippen LogP contribution in [0.15, 0.2) is 91.0 Å². The number of hydrogen-bond donors (Lipinski definition) is 1. The predicted octanol–water partition coefficient (Wildman–Crippen LogP) is 5.62. The molecule has 3 aromatic rings. The number of piperazine rings is 1. The number of nitrogens with one attached hydrogen (secondary N) is 1. The second-order valence-electron chi connectivity index (χ2n) is 9.09. The summed E-state index contributed by atoms with van der Waals surface area (Å²) in [5, 5.41) is 3.30. The van der Waals surface area contributed by atoms with Crippen LogP contribution in [-0.2, 0) is 10.2 Å². The Morgan fingerprint density at radius 2 is 1.24 bits per heavy atom. The molecule has 1 atom stereocenters. The molecule has 1 aliphatic rings. The summed E-state index contributed by atoms with van der Waals surface area (Å²) in [5.41, 5.74) is 2.47. The van der Waals surface area contributed by atoms with Gasteiger partial charge in [0.05, 0.1) is 0 Å². The van der Waals surface area contributed by atoms with Gasteiger partial charge in [0.1, 0.15) is 5.60 Å². The van der Waals surface area contributed by atoms with Crippen LogP contribution in [0.1, 0.15) is 43.4 Å².